The summed E-state index contributed by atoms with van der Waals surface area (Å²) < 4.78 is 11.9. The molecule has 1 heterocycles. The van der Waals surface area contributed by atoms with Gasteiger partial charge in [0, 0.05) is 11.5 Å². The summed E-state index contributed by atoms with van der Waals surface area (Å²) in [7, 11) is 0. The summed E-state index contributed by atoms with van der Waals surface area (Å²) in [6.07, 6.45) is -1.28. The van der Waals surface area contributed by atoms with Crippen molar-refractivity contribution < 1.29 is 19.7 Å². The second-order valence-corrected chi connectivity index (χ2v) is 7.88. The van der Waals surface area contributed by atoms with Gasteiger partial charge < -0.3 is 19.7 Å². The average Bonchev–Trinajstić information content (AvgIpc) is 3.07. The minimum absolute atomic E-state index is 0.275. The molecule has 3 unspecified atom stereocenters. The number of aliphatic imine (C=N–C) groups is 1. The lowest BCUT2D eigenvalue weighted by molar-refractivity contribution is -0.0211. The Labute approximate surface area is 166 Å². The number of nitrogens with zero attached hydrogens (tertiary/aromatic N) is 1. The van der Waals surface area contributed by atoms with Gasteiger partial charge in [0.1, 0.15) is 6.61 Å². The summed E-state index contributed by atoms with van der Waals surface area (Å²) in [5.74, 6) is 0.158. The summed E-state index contributed by atoms with van der Waals surface area (Å²) in [6, 6.07) is 17.6. The molecule has 2 aromatic rings. The van der Waals surface area contributed by atoms with Crippen molar-refractivity contribution in [1.82, 2.24) is 0 Å². The van der Waals surface area contributed by atoms with Crippen LogP contribution in [0.3, 0.4) is 0 Å². The Hall–Kier alpha value is -2.21. The lowest BCUT2D eigenvalue weighted by Crippen LogP contribution is -2.33. The third kappa shape index (κ3) is 4.79. The van der Waals surface area contributed by atoms with Crippen molar-refractivity contribution in [1.29, 1.82) is 0 Å². The zero-order valence-corrected chi connectivity index (χ0v) is 16.7. The van der Waals surface area contributed by atoms with Crippen LogP contribution in [0.5, 0.6) is 0 Å². The van der Waals surface area contributed by atoms with E-state index in [4.69, 9.17) is 9.47 Å². The largest absolute Gasteiger partial charge is 0.475 e. The zero-order valence-electron chi connectivity index (χ0n) is 16.7. The highest BCUT2D eigenvalue weighted by molar-refractivity contribution is 5.97. The Kier molecular flexibility index (Phi) is 6.50. The molecule has 0 amide bonds. The number of benzene rings is 2. The number of aliphatic hydroxyl groups excluding tert-OH is 2. The van der Waals surface area contributed by atoms with E-state index in [9.17, 15) is 10.2 Å². The van der Waals surface area contributed by atoms with Crippen LogP contribution in [0.1, 0.15) is 43.4 Å². The molecule has 1 aliphatic heterocycles. The lowest BCUT2D eigenvalue weighted by Gasteiger charge is -2.29. The van der Waals surface area contributed by atoms with Crippen LogP contribution in [0.25, 0.3) is 0 Å². The monoisotopic (exact) mass is 383 g/mol. The fraction of sp³-hybridized carbons (Fsp3) is 0.435. The molecule has 1 aliphatic rings. The second kappa shape index (κ2) is 8.86. The molecule has 2 N–H and O–H groups in total. The number of hydrogen-bond donors (Lipinski definition) is 2. The predicted octanol–water partition coefficient (Wildman–Crippen LogP) is 3.28. The maximum Gasteiger partial charge on any atom is 0.217 e. The number of aliphatic hydroxyl groups is 2. The van der Waals surface area contributed by atoms with Gasteiger partial charge in [0.2, 0.25) is 5.90 Å². The van der Waals surface area contributed by atoms with Crippen LogP contribution < -0.4 is 0 Å². The highest BCUT2D eigenvalue weighted by atomic mass is 16.5. The minimum atomic E-state index is -0.957. The van der Waals surface area contributed by atoms with Gasteiger partial charge in [-0.3, -0.25) is 0 Å². The first-order valence-corrected chi connectivity index (χ1v) is 9.67. The Morgan fingerprint density at radius 2 is 1.79 bits per heavy atom. The van der Waals surface area contributed by atoms with E-state index in [0.717, 1.165) is 16.7 Å². The van der Waals surface area contributed by atoms with Crippen LogP contribution in [0.15, 0.2) is 59.6 Å². The van der Waals surface area contributed by atoms with Crippen molar-refractivity contribution in [3.63, 3.8) is 0 Å². The summed E-state index contributed by atoms with van der Waals surface area (Å²) in [5, 5.41) is 20.3. The van der Waals surface area contributed by atoms with Gasteiger partial charge in [0.25, 0.3) is 0 Å². The molecule has 0 fully saturated rings. The fourth-order valence-electron chi connectivity index (χ4n) is 3.50. The van der Waals surface area contributed by atoms with Gasteiger partial charge in [0.05, 0.1) is 31.0 Å². The molecule has 5 heteroatoms. The van der Waals surface area contributed by atoms with Crippen LogP contribution in [-0.4, -0.2) is 47.1 Å². The molecule has 0 saturated carbocycles. The highest BCUT2D eigenvalue weighted by Gasteiger charge is 2.33. The first-order chi connectivity index (χ1) is 13.4. The normalized spacial score (nSPS) is 18.8. The number of hydrogen-bond acceptors (Lipinski definition) is 5. The molecule has 0 saturated heterocycles. The predicted molar refractivity (Wildman–Crippen MR) is 110 cm³/mol. The van der Waals surface area contributed by atoms with Gasteiger partial charge in [0.15, 0.2) is 0 Å². The summed E-state index contributed by atoms with van der Waals surface area (Å²) >= 11 is 0. The molecule has 3 atom stereocenters. The van der Waals surface area contributed by atoms with E-state index in [2.05, 4.69) is 4.99 Å². The number of rotatable bonds is 8. The van der Waals surface area contributed by atoms with E-state index >= 15 is 0 Å². The van der Waals surface area contributed by atoms with Crippen LogP contribution in [0.2, 0.25) is 0 Å². The second-order valence-electron chi connectivity index (χ2n) is 7.88. The van der Waals surface area contributed by atoms with Gasteiger partial charge in [-0.2, -0.15) is 0 Å². The lowest BCUT2D eigenvalue weighted by atomic mass is 9.85. The van der Waals surface area contributed by atoms with Crippen LogP contribution >= 0.6 is 0 Å². The van der Waals surface area contributed by atoms with Crippen molar-refractivity contribution in [3.8, 4) is 0 Å². The van der Waals surface area contributed by atoms with Crippen molar-refractivity contribution in [2.45, 2.75) is 51.0 Å². The van der Waals surface area contributed by atoms with Crippen molar-refractivity contribution in [2.75, 3.05) is 13.2 Å². The maximum absolute atomic E-state index is 10.6. The Morgan fingerprint density at radius 1 is 1.11 bits per heavy atom. The van der Waals surface area contributed by atoms with E-state index in [1.165, 1.54) is 0 Å². The molecule has 0 aliphatic carbocycles. The average molecular weight is 383 g/mol. The molecular formula is C23H29NO4. The quantitative estimate of drug-likeness (QED) is 0.734. The number of ether oxygens (including phenoxy) is 2. The SMILES string of the molecule is CC(OCc1ccccc1)C(c1ccccc1C1=NC(C)(C)CO1)C(O)CO. The van der Waals surface area contributed by atoms with Crippen LogP contribution in [0.4, 0.5) is 0 Å². The smallest absolute Gasteiger partial charge is 0.217 e. The summed E-state index contributed by atoms with van der Waals surface area (Å²) in [6.45, 7) is 6.57. The third-order valence-electron chi connectivity index (χ3n) is 4.98. The summed E-state index contributed by atoms with van der Waals surface area (Å²) in [4.78, 5) is 4.68. The zero-order chi connectivity index (χ0) is 20.1. The van der Waals surface area contributed by atoms with Crippen molar-refractivity contribution in [3.05, 3.63) is 71.3 Å². The molecule has 2 aromatic carbocycles. The molecular weight excluding hydrogens is 354 g/mol. The van der Waals surface area contributed by atoms with Gasteiger partial charge in [-0.05, 0) is 38.0 Å². The van der Waals surface area contributed by atoms with Crippen molar-refractivity contribution >= 4 is 5.90 Å². The van der Waals surface area contributed by atoms with E-state index in [0.29, 0.717) is 19.1 Å². The Balaban J connectivity index is 1.88. The first-order valence-electron chi connectivity index (χ1n) is 9.67. The van der Waals surface area contributed by atoms with Crippen LogP contribution in [-0.2, 0) is 16.1 Å². The molecule has 3 rings (SSSR count). The van der Waals surface area contributed by atoms with Gasteiger partial charge in [-0.1, -0.05) is 48.5 Å². The molecule has 5 nitrogen and oxygen atoms in total. The molecule has 28 heavy (non-hydrogen) atoms. The Morgan fingerprint density at radius 3 is 2.43 bits per heavy atom. The van der Waals surface area contributed by atoms with Gasteiger partial charge in [-0.15, -0.1) is 0 Å². The molecule has 0 bridgehead atoms. The highest BCUT2D eigenvalue weighted by Crippen LogP contribution is 2.32. The van der Waals surface area contributed by atoms with Crippen LogP contribution in [0, 0.1) is 0 Å². The molecule has 0 spiro atoms. The first kappa shape index (κ1) is 20.5. The topological polar surface area (TPSA) is 71.3 Å². The van der Waals surface area contributed by atoms with Gasteiger partial charge in [-0.25, -0.2) is 4.99 Å². The molecule has 150 valence electrons. The van der Waals surface area contributed by atoms with Crippen molar-refractivity contribution in [2.24, 2.45) is 4.99 Å². The standard InChI is InChI=1S/C23H29NO4/c1-16(27-14-17-9-5-4-6-10-17)21(20(26)13-25)18-11-7-8-12-19(18)22-24-23(2,3)15-28-22/h4-12,16,20-21,25-26H,13-15H2,1-3H3. The van der Waals surface area contributed by atoms with E-state index in [-0.39, 0.29) is 18.2 Å². The van der Waals surface area contributed by atoms with E-state index in [1.807, 2.05) is 75.4 Å². The van der Waals surface area contributed by atoms with E-state index < -0.39 is 12.0 Å². The minimum Gasteiger partial charge on any atom is -0.475 e. The third-order valence-corrected chi connectivity index (χ3v) is 4.98. The summed E-state index contributed by atoms with van der Waals surface area (Å²) in [5.41, 5.74) is 2.48. The molecule has 0 radical (unpaired) electrons. The molecule has 0 aromatic heterocycles. The van der Waals surface area contributed by atoms with Gasteiger partial charge >= 0.3 is 0 Å². The van der Waals surface area contributed by atoms with E-state index in [1.54, 1.807) is 0 Å². The maximum atomic E-state index is 10.6. The Bertz CT molecular complexity index is 803. The fourth-order valence-corrected chi connectivity index (χ4v) is 3.50.